The van der Waals surface area contributed by atoms with Gasteiger partial charge in [0.15, 0.2) is 0 Å². The maximum atomic E-state index is 5.10. The van der Waals surface area contributed by atoms with E-state index in [0.29, 0.717) is 0 Å². The van der Waals surface area contributed by atoms with Crippen LogP contribution in [0.2, 0.25) is 0 Å². The van der Waals surface area contributed by atoms with Gasteiger partial charge in [0.05, 0.1) is 5.56 Å². The molecule has 2 nitrogen and oxygen atoms in total. The highest BCUT2D eigenvalue weighted by atomic mass is 15.3. The number of hydrogen-bond acceptors (Lipinski definition) is 1. The van der Waals surface area contributed by atoms with Crippen molar-refractivity contribution < 1.29 is 4.68 Å². The van der Waals surface area contributed by atoms with Crippen LogP contribution in [0.1, 0.15) is 18.9 Å². The summed E-state index contributed by atoms with van der Waals surface area (Å²) >= 11 is 0. The van der Waals surface area contributed by atoms with Gasteiger partial charge in [-0.2, -0.15) is 0 Å². The first-order valence-electron chi connectivity index (χ1n) is 10.9. The fraction of sp³-hybridized carbons (Fsp3) is 0.103. The van der Waals surface area contributed by atoms with Gasteiger partial charge in [-0.05, 0) is 40.4 Å². The van der Waals surface area contributed by atoms with Crippen LogP contribution in [0.25, 0.3) is 39.0 Å². The predicted octanol–water partition coefficient (Wildman–Crippen LogP) is 6.80. The van der Waals surface area contributed by atoms with Gasteiger partial charge in [-0.3, -0.25) is 0 Å². The minimum Gasteiger partial charge on any atom is -0.0651 e. The molecular weight excluding hydrogens is 376 g/mol. The van der Waals surface area contributed by atoms with Crippen molar-refractivity contribution in [2.45, 2.75) is 19.8 Å². The molecule has 5 aromatic rings. The molecule has 31 heavy (non-hydrogen) atoms. The monoisotopic (exact) mass is 401 g/mol. The molecule has 4 aromatic carbocycles. The summed E-state index contributed by atoms with van der Waals surface area (Å²) in [6.07, 6.45) is 2.24. The van der Waals surface area contributed by atoms with Crippen LogP contribution < -0.4 is 4.68 Å². The molecule has 2 heteroatoms. The highest BCUT2D eigenvalue weighted by Crippen LogP contribution is 2.35. The summed E-state index contributed by atoms with van der Waals surface area (Å²) in [5.41, 5.74) is 8.06. The highest BCUT2D eigenvalue weighted by Gasteiger charge is 2.26. The summed E-state index contributed by atoms with van der Waals surface area (Å²) in [6, 6.07) is 38.4. The van der Waals surface area contributed by atoms with Crippen LogP contribution in [-0.4, -0.2) is 5.10 Å². The number of benzene rings is 4. The molecule has 0 amide bonds. The third kappa shape index (κ3) is 3.73. The zero-order valence-electron chi connectivity index (χ0n) is 17.7. The van der Waals surface area contributed by atoms with Gasteiger partial charge in [0.2, 0.25) is 5.69 Å². The molecule has 5 rings (SSSR count). The van der Waals surface area contributed by atoms with Crippen LogP contribution in [0.5, 0.6) is 0 Å². The van der Waals surface area contributed by atoms with Crippen LogP contribution in [0.15, 0.2) is 109 Å². The topological polar surface area (TPSA) is 16.8 Å². The van der Waals surface area contributed by atoms with E-state index in [4.69, 9.17) is 5.10 Å². The second-order valence-electron chi connectivity index (χ2n) is 7.80. The van der Waals surface area contributed by atoms with Gasteiger partial charge >= 0.3 is 0 Å². The first-order valence-corrected chi connectivity index (χ1v) is 10.9. The largest absolute Gasteiger partial charge is 0.254 e. The van der Waals surface area contributed by atoms with Gasteiger partial charge in [-0.15, -0.1) is 0 Å². The van der Waals surface area contributed by atoms with Crippen LogP contribution in [-0.2, 0) is 6.42 Å². The van der Waals surface area contributed by atoms with E-state index in [1.165, 1.54) is 16.7 Å². The molecule has 0 fully saturated rings. The standard InChI is InChI=1S/C29H25N2/c1-2-11-22-18-20-25(21-19-22)31-29(24-14-7-4-8-15-24)28(23-12-5-3-6-13-23)26-16-9-10-17-27(26)30-31/h3-10,12-21H,2,11H2,1H3/q+1. The van der Waals surface area contributed by atoms with Crippen LogP contribution in [0, 0.1) is 0 Å². The van der Waals surface area contributed by atoms with Gasteiger partial charge in [-0.25, -0.2) is 0 Å². The van der Waals surface area contributed by atoms with Gasteiger partial charge in [0.1, 0.15) is 5.52 Å². The second-order valence-corrected chi connectivity index (χ2v) is 7.80. The van der Waals surface area contributed by atoms with E-state index in [0.717, 1.165) is 40.7 Å². The molecule has 0 saturated carbocycles. The van der Waals surface area contributed by atoms with E-state index >= 15 is 0 Å². The molecule has 0 aliphatic rings. The van der Waals surface area contributed by atoms with Crippen LogP contribution >= 0.6 is 0 Å². The molecule has 0 unspecified atom stereocenters. The van der Waals surface area contributed by atoms with E-state index in [1.807, 2.05) is 0 Å². The molecule has 0 aliphatic carbocycles. The fourth-order valence-corrected chi connectivity index (χ4v) is 4.20. The predicted molar refractivity (Wildman–Crippen MR) is 128 cm³/mol. The lowest BCUT2D eigenvalue weighted by molar-refractivity contribution is -0.645. The average molecular weight is 402 g/mol. The Kier molecular flexibility index (Phi) is 5.28. The van der Waals surface area contributed by atoms with Crippen LogP contribution in [0.3, 0.4) is 0 Å². The van der Waals surface area contributed by atoms with Crippen molar-refractivity contribution in [1.82, 2.24) is 5.10 Å². The molecular formula is C29H25N2+. The molecule has 1 heterocycles. The summed E-state index contributed by atoms with van der Waals surface area (Å²) < 4.78 is 2.11. The molecule has 0 radical (unpaired) electrons. The van der Waals surface area contributed by atoms with E-state index < -0.39 is 0 Å². The highest BCUT2D eigenvalue weighted by molar-refractivity contribution is 5.99. The fourth-order valence-electron chi connectivity index (χ4n) is 4.20. The van der Waals surface area contributed by atoms with E-state index in [2.05, 4.69) is 121 Å². The van der Waals surface area contributed by atoms with Crippen molar-refractivity contribution in [1.29, 1.82) is 0 Å². The zero-order chi connectivity index (χ0) is 21.0. The first kappa shape index (κ1) is 19.2. The first-order chi connectivity index (χ1) is 15.3. The lowest BCUT2D eigenvalue weighted by Gasteiger charge is -2.12. The second kappa shape index (κ2) is 8.53. The third-order valence-electron chi connectivity index (χ3n) is 5.66. The van der Waals surface area contributed by atoms with Crippen molar-refractivity contribution in [2.24, 2.45) is 0 Å². The van der Waals surface area contributed by atoms with E-state index in [9.17, 15) is 0 Å². The van der Waals surface area contributed by atoms with Gasteiger partial charge < -0.3 is 0 Å². The number of fused-ring (bicyclic) bond motifs is 1. The van der Waals surface area contributed by atoms with Crippen molar-refractivity contribution in [3.05, 3.63) is 115 Å². The normalized spacial score (nSPS) is 11.0. The SMILES string of the molecule is CCCc1ccc(-[n+]2nc3ccccc3c(-c3ccccc3)c2-c2ccccc2)cc1. The average Bonchev–Trinajstić information content (AvgIpc) is 2.84. The number of nitrogens with zero attached hydrogens (tertiary/aromatic N) is 2. The Morgan fingerprint density at radius 3 is 1.94 bits per heavy atom. The van der Waals surface area contributed by atoms with Crippen molar-refractivity contribution in [3.63, 3.8) is 0 Å². The lowest BCUT2D eigenvalue weighted by atomic mass is 9.95. The minimum atomic E-state index is 0.985. The van der Waals surface area contributed by atoms with Crippen LogP contribution in [0.4, 0.5) is 0 Å². The van der Waals surface area contributed by atoms with E-state index in [1.54, 1.807) is 0 Å². The van der Waals surface area contributed by atoms with Gasteiger partial charge in [0, 0.05) is 28.2 Å². The lowest BCUT2D eigenvalue weighted by Crippen LogP contribution is -2.38. The van der Waals surface area contributed by atoms with Crippen molar-refractivity contribution in [2.75, 3.05) is 0 Å². The molecule has 1 aromatic heterocycles. The quantitative estimate of drug-likeness (QED) is 0.296. The summed E-state index contributed by atoms with van der Waals surface area (Å²) in [7, 11) is 0. The Balaban J connectivity index is 1.87. The number of aryl methyl sites for hydroxylation is 1. The maximum absolute atomic E-state index is 5.10. The molecule has 0 atom stereocenters. The molecule has 0 saturated heterocycles. The number of rotatable bonds is 5. The van der Waals surface area contributed by atoms with E-state index in [-0.39, 0.29) is 0 Å². The Bertz CT molecular complexity index is 1310. The summed E-state index contributed by atoms with van der Waals surface area (Å²) in [5.74, 6) is 0. The maximum Gasteiger partial charge on any atom is 0.254 e. The molecule has 0 bridgehead atoms. The Morgan fingerprint density at radius 2 is 1.26 bits per heavy atom. The van der Waals surface area contributed by atoms with Gasteiger partial charge in [-0.1, -0.05) is 92.2 Å². The minimum absolute atomic E-state index is 0.985. The number of aromatic nitrogens is 2. The molecule has 0 aliphatic heterocycles. The third-order valence-corrected chi connectivity index (χ3v) is 5.66. The molecule has 0 N–H and O–H groups in total. The Hall–Kier alpha value is -3.78. The summed E-state index contributed by atoms with van der Waals surface area (Å²) in [5, 5.41) is 6.26. The Labute approximate surface area is 183 Å². The summed E-state index contributed by atoms with van der Waals surface area (Å²) in [6.45, 7) is 2.22. The van der Waals surface area contributed by atoms with Gasteiger partial charge in [0.25, 0.3) is 5.69 Å². The molecule has 0 spiro atoms. The smallest absolute Gasteiger partial charge is 0.0651 e. The number of hydrogen-bond donors (Lipinski definition) is 0. The summed E-state index contributed by atoms with van der Waals surface area (Å²) in [4.78, 5) is 0. The Morgan fingerprint density at radius 1 is 0.645 bits per heavy atom. The van der Waals surface area contributed by atoms with Crippen molar-refractivity contribution in [3.8, 4) is 28.1 Å². The van der Waals surface area contributed by atoms with Crippen molar-refractivity contribution >= 4 is 10.9 Å². The zero-order valence-corrected chi connectivity index (χ0v) is 17.7. The molecule has 150 valence electrons.